The predicted octanol–water partition coefficient (Wildman–Crippen LogP) is 1.20. The Labute approximate surface area is 126 Å². The molecule has 0 atom stereocenters. The smallest absolute Gasteiger partial charge is 0.246 e. The van der Waals surface area contributed by atoms with Crippen LogP contribution in [0.15, 0.2) is 41.3 Å². The summed E-state index contributed by atoms with van der Waals surface area (Å²) in [6.45, 7) is 0.591. The van der Waals surface area contributed by atoms with Crippen LogP contribution in [0.2, 0.25) is 0 Å². The van der Waals surface area contributed by atoms with E-state index in [-0.39, 0.29) is 18.4 Å². The molecule has 3 heterocycles. The van der Waals surface area contributed by atoms with Gasteiger partial charge in [-0.3, -0.25) is 9.59 Å². The first-order valence-electron chi connectivity index (χ1n) is 7.05. The Bertz CT molecular complexity index is 793. The molecule has 110 valence electrons. The Morgan fingerprint density at radius 3 is 2.91 bits per heavy atom. The summed E-state index contributed by atoms with van der Waals surface area (Å²) >= 11 is 0. The van der Waals surface area contributed by atoms with Crippen LogP contribution in [0.4, 0.5) is 0 Å². The van der Waals surface area contributed by atoms with E-state index in [4.69, 9.17) is 4.42 Å². The van der Waals surface area contributed by atoms with Crippen molar-refractivity contribution in [3.63, 3.8) is 0 Å². The summed E-state index contributed by atoms with van der Waals surface area (Å²) in [6, 6.07) is 5.79. The molecule has 0 unspecified atom stereocenters. The number of rotatable bonds is 1. The number of nitrogens with zero attached hydrogens (tertiary/aromatic N) is 2. The van der Waals surface area contributed by atoms with Crippen LogP contribution in [0.3, 0.4) is 0 Å². The number of amides is 2. The normalized spacial score (nSPS) is 17.3. The Kier molecular flexibility index (Phi) is 2.82. The van der Waals surface area contributed by atoms with Gasteiger partial charge in [-0.15, -0.1) is 0 Å². The van der Waals surface area contributed by atoms with Crippen molar-refractivity contribution in [2.24, 2.45) is 0 Å². The van der Waals surface area contributed by atoms with Crippen molar-refractivity contribution in [2.75, 3.05) is 13.1 Å². The van der Waals surface area contributed by atoms with Crippen molar-refractivity contribution in [1.82, 2.24) is 15.2 Å². The zero-order valence-corrected chi connectivity index (χ0v) is 11.7. The second kappa shape index (κ2) is 4.84. The molecule has 2 amide bonds. The number of fused-ring (bicyclic) bond motifs is 3. The molecule has 0 aliphatic carbocycles. The van der Waals surface area contributed by atoms with E-state index < -0.39 is 0 Å². The van der Waals surface area contributed by atoms with Gasteiger partial charge in [-0.25, -0.2) is 4.98 Å². The molecular formula is C16H13N3O3. The third-order valence-corrected chi connectivity index (χ3v) is 4.01. The van der Waals surface area contributed by atoms with Gasteiger partial charge in [0.05, 0.1) is 18.4 Å². The number of oxazole rings is 1. The van der Waals surface area contributed by atoms with Crippen LogP contribution >= 0.6 is 0 Å². The van der Waals surface area contributed by atoms with Crippen molar-refractivity contribution in [3.05, 3.63) is 48.0 Å². The van der Waals surface area contributed by atoms with Gasteiger partial charge in [0, 0.05) is 23.7 Å². The van der Waals surface area contributed by atoms with Crippen LogP contribution < -0.4 is 5.32 Å². The summed E-state index contributed by atoms with van der Waals surface area (Å²) in [6.07, 6.45) is 5.27. The molecule has 1 aromatic carbocycles. The Hall–Kier alpha value is -2.89. The first-order valence-corrected chi connectivity index (χ1v) is 7.05. The second-order valence-electron chi connectivity index (χ2n) is 5.24. The highest BCUT2D eigenvalue weighted by Crippen LogP contribution is 2.35. The van der Waals surface area contributed by atoms with Gasteiger partial charge >= 0.3 is 0 Å². The van der Waals surface area contributed by atoms with Gasteiger partial charge in [0.1, 0.15) is 0 Å². The standard InChI is InChI=1S/C16H13N3O3/c20-15-6-13-11-2-1-3-12(14-7-17-9-22-14)10(11)4-5-19(13)16(21)8-18-15/h1-3,6-7,9H,4-5,8H2,(H,18,20). The van der Waals surface area contributed by atoms with Gasteiger partial charge in [-0.2, -0.15) is 0 Å². The maximum absolute atomic E-state index is 12.2. The summed E-state index contributed by atoms with van der Waals surface area (Å²) in [5, 5.41) is 2.59. The van der Waals surface area contributed by atoms with Gasteiger partial charge in [0.25, 0.3) is 0 Å². The number of aromatic nitrogens is 1. The zero-order valence-electron chi connectivity index (χ0n) is 11.7. The molecule has 2 aliphatic heterocycles. The van der Waals surface area contributed by atoms with Crippen LogP contribution in [0.5, 0.6) is 0 Å². The van der Waals surface area contributed by atoms with Crippen molar-refractivity contribution in [3.8, 4) is 11.3 Å². The first kappa shape index (κ1) is 12.8. The van der Waals surface area contributed by atoms with Crippen molar-refractivity contribution < 1.29 is 14.0 Å². The predicted molar refractivity (Wildman–Crippen MR) is 78.3 cm³/mol. The average Bonchev–Trinajstić information content (AvgIpc) is 3.01. The van der Waals surface area contributed by atoms with E-state index in [2.05, 4.69) is 10.3 Å². The van der Waals surface area contributed by atoms with Gasteiger partial charge in [-0.1, -0.05) is 18.2 Å². The van der Waals surface area contributed by atoms with Gasteiger partial charge in [0.15, 0.2) is 12.2 Å². The fourth-order valence-corrected chi connectivity index (χ4v) is 3.01. The molecule has 1 N–H and O–H groups in total. The topological polar surface area (TPSA) is 75.4 Å². The Balaban J connectivity index is 1.90. The van der Waals surface area contributed by atoms with E-state index >= 15 is 0 Å². The van der Waals surface area contributed by atoms with Crippen LogP contribution in [-0.4, -0.2) is 34.8 Å². The molecule has 0 spiro atoms. The largest absolute Gasteiger partial charge is 0.444 e. The number of nitrogens with one attached hydrogen (secondary N) is 1. The van der Waals surface area contributed by atoms with E-state index in [1.54, 1.807) is 11.1 Å². The number of hydrogen-bond acceptors (Lipinski definition) is 4. The minimum atomic E-state index is -0.247. The lowest BCUT2D eigenvalue weighted by molar-refractivity contribution is -0.128. The van der Waals surface area contributed by atoms with Crippen LogP contribution in [0, 0.1) is 0 Å². The third-order valence-electron chi connectivity index (χ3n) is 4.01. The summed E-state index contributed by atoms with van der Waals surface area (Å²) in [5.41, 5.74) is 3.57. The number of carbonyl (C=O) groups is 2. The maximum Gasteiger partial charge on any atom is 0.246 e. The lowest BCUT2D eigenvalue weighted by Crippen LogP contribution is -2.38. The summed E-state index contributed by atoms with van der Waals surface area (Å²) < 4.78 is 5.40. The van der Waals surface area contributed by atoms with E-state index in [0.29, 0.717) is 24.4 Å². The quantitative estimate of drug-likeness (QED) is 0.857. The van der Waals surface area contributed by atoms with E-state index in [0.717, 1.165) is 16.7 Å². The molecule has 0 radical (unpaired) electrons. The molecule has 0 fully saturated rings. The SMILES string of the molecule is O=C1C=C2c3cccc(-c4cnco4)c3CCN2C(=O)CN1. The molecule has 22 heavy (non-hydrogen) atoms. The molecule has 0 saturated heterocycles. The summed E-state index contributed by atoms with van der Waals surface area (Å²) in [5.74, 6) is 0.354. The van der Waals surface area contributed by atoms with Crippen molar-refractivity contribution in [2.45, 2.75) is 6.42 Å². The minimum Gasteiger partial charge on any atom is -0.444 e. The first-order chi connectivity index (χ1) is 10.7. The minimum absolute atomic E-state index is 0.0377. The molecule has 0 bridgehead atoms. The highest BCUT2D eigenvalue weighted by molar-refractivity contribution is 6.04. The highest BCUT2D eigenvalue weighted by atomic mass is 16.3. The summed E-state index contributed by atoms with van der Waals surface area (Å²) in [4.78, 5) is 29.6. The Morgan fingerprint density at radius 1 is 1.23 bits per heavy atom. The van der Waals surface area contributed by atoms with Gasteiger partial charge < -0.3 is 14.6 Å². The van der Waals surface area contributed by atoms with E-state index in [1.165, 1.54) is 12.5 Å². The lowest BCUT2D eigenvalue weighted by Gasteiger charge is -2.31. The highest BCUT2D eigenvalue weighted by Gasteiger charge is 2.30. The van der Waals surface area contributed by atoms with Crippen molar-refractivity contribution >= 4 is 17.5 Å². The number of carbonyl (C=O) groups excluding carboxylic acids is 2. The fourth-order valence-electron chi connectivity index (χ4n) is 3.01. The van der Waals surface area contributed by atoms with Crippen LogP contribution in [0.1, 0.15) is 11.1 Å². The Morgan fingerprint density at radius 2 is 2.09 bits per heavy atom. The number of hydrogen-bond donors (Lipinski definition) is 1. The molecule has 4 rings (SSSR count). The van der Waals surface area contributed by atoms with Crippen molar-refractivity contribution in [1.29, 1.82) is 0 Å². The van der Waals surface area contributed by atoms with E-state index in [1.807, 2.05) is 18.2 Å². The fraction of sp³-hybridized carbons (Fsp3) is 0.188. The second-order valence-corrected chi connectivity index (χ2v) is 5.24. The van der Waals surface area contributed by atoms with Crippen LogP contribution in [-0.2, 0) is 16.0 Å². The van der Waals surface area contributed by atoms with Crippen LogP contribution in [0.25, 0.3) is 17.0 Å². The molecule has 6 heteroatoms. The monoisotopic (exact) mass is 295 g/mol. The molecule has 2 aromatic rings. The van der Waals surface area contributed by atoms with Gasteiger partial charge in [-0.05, 0) is 12.0 Å². The molecule has 2 aliphatic rings. The number of benzene rings is 1. The van der Waals surface area contributed by atoms with E-state index in [9.17, 15) is 9.59 Å². The molecular weight excluding hydrogens is 282 g/mol. The molecule has 6 nitrogen and oxygen atoms in total. The van der Waals surface area contributed by atoms with Gasteiger partial charge in [0.2, 0.25) is 11.8 Å². The maximum atomic E-state index is 12.2. The zero-order chi connectivity index (χ0) is 15.1. The molecule has 0 saturated carbocycles. The third kappa shape index (κ3) is 1.92. The average molecular weight is 295 g/mol. The summed E-state index contributed by atoms with van der Waals surface area (Å²) in [7, 11) is 0. The molecule has 1 aromatic heterocycles. The lowest BCUT2D eigenvalue weighted by atomic mass is 9.91.